The van der Waals surface area contributed by atoms with Gasteiger partial charge in [-0.3, -0.25) is 4.79 Å². The van der Waals surface area contributed by atoms with Gasteiger partial charge in [0.05, 0.1) is 5.56 Å². The number of carboxylic acid groups (broad SMARTS) is 1. The first-order chi connectivity index (χ1) is 9.09. The van der Waals surface area contributed by atoms with Crippen LogP contribution in [0.4, 0.5) is 5.82 Å². The van der Waals surface area contributed by atoms with E-state index in [9.17, 15) is 14.7 Å². The number of primary amides is 1. The first-order valence-corrected chi connectivity index (χ1v) is 6.35. The molecule has 1 aromatic rings. The van der Waals surface area contributed by atoms with Crippen LogP contribution in [0.2, 0.25) is 0 Å². The Morgan fingerprint density at radius 2 is 2.11 bits per heavy atom. The van der Waals surface area contributed by atoms with E-state index in [1.807, 2.05) is 0 Å². The lowest BCUT2D eigenvalue weighted by Gasteiger charge is -2.27. The third-order valence-corrected chi connectivity index (χ3v) is 3.36. The van der Waals surface area contributed by atoms with Crippen molar-refractivity contribution < 1.29 is 14.7 Å². The summed E-state index contributed by atoms with van der Waals surface area (Å²) < 4.78 is 0. The Balaban J connectivity index is 2.25. The minimum absolute atomic E-state index is 0.324. The van der Waals surface area contributed by atoms with E-state index in [0.29, 0.717) is 24.3 Å². The lowest BCUT2D eigenvalue weighted by Crippen LogP contribution is -2.41. The minimum Gasteiger partial charge on any atom is -0.480 e. The molecule has 0 radical (unpaired) electrons. The Morgan fingerprint density at radius 1 is 1.32 bits per heavy atom. The summed E-state index contributed by atoms with van der Waals surface area (Å²) in [6, 6.07) is 2.69. The molecular formula is C13H17N3O3. The molecule has 1 aliphatic heterocycles. The van der Waals surface area contributed by atoms with Crippen molar-refractivity contribution in [1.29, 1.82) is 0 Å². The second kappa shape index (κ2) is 5.69. The maximum absolute atomic E-state index is 11.3. The molecule has 6 heteroatoms. The largest absolute Gasteiger partial charge is 0.480 e. The van der Waals surface area contributed by atoms with Gasteiger partial charge >= 0.3 is 5.97 Å². The standard InChI is InChI=1S/C13H17N3O3/c14-12(17)9-5-6-11(15-8-9)16-7-3-1-2-4-10(16)13(18)19/h5-6,8,10H,1-4,7H2,(H2,14,17)(H,18,19). The molecule has 0 saturated carbocycles. The van der Waals surface area contributed by atoms with Crippen LogP contribution in [0.25, 0.3) is 0 Å². The van der Waals surface area contributed by atoms with Gasteiger partial charge in [-0.25, -0.2) is 9.78 Å². The fourth-order valence-corrected chi connectivity index (χ4v) is 2.34. The van der Waals surface area contributed by atoms with E-state index in [-0.39, 0.29) is 0 Å². The SMILES string of the molecule is NC(=O)c1ccc(N2CCCCCC2C(=O)O)nc1. The van der Waals surface area contributed by atoms with E-state index in [0.717, 1.165) is 19.3 Å². The van der Waals surface area contributed by atoms with Gasteiger partial charge in [0.25, 0.3) is 0 Å². The number of aliphatic carboxylic acids is 1. The predicted octanol–water partition coefficient (Wildman–Crippen LogP) is 1.01. The van der Waals surface area contributed by atoms with Gasteiger partial charge < -0.3 is 15.7 Å². The lowest BCUT2D eigenvalue weighted by molar-refractivity contribution is -0.138. The number of aromatic nitrogens is 1. The van der Waals surface area contributed by atoms with Crippen LogP contribution in [0.15, 0.2) is 18.3 Å². The fourth-order valence-electron chi connectivity index (χ4n) is 2.34. The van der Waals surface area contributed by atoms with Crippen LogP contribution in [0.3, 0.4) is 0 Å². The van der Waals surface area contributed by atoms with Gasteiger partial charge in [0.2, 0.25) is 5.91 Å². The third kappa shape index (κ3) is 3.01. The molecule has 0 spiro atoms. The molecule has 2 heterocycles. The lowest BCUT2D eigenvalue weighted by atomic mass is 10.1. The van der Waals surface area contributed by atoms with E-state index in [1.165, 1.54) is 6.20 Å². The van der Waals surface area contributed by atoms with Gasteiger partial charge in [0.1, 0.15) is 11.9 Å². The number of pyridine rings is 1. The molecule has 6 nitrogen and oxygen atoms in total. The van der Waals surface area contributed by atoms with Gasteiger partial charge in [-0.2, -0.15) is 0 Å². The molecule has 19 heavy (non-hydrogen) atoms. The number of anilines is 1. The molecule has 1 amide bonds. The highest BCUT2D eigenvalue weighted by Crippen LogP contribution is 2.22. The highest BCUT2D eigenvalue weighted by molar-refractivity contribution is 5.92. The summed E-state index contributed by atoms with van der Waals surface area (Å²) in [6.45, 7) is 0.667. The summed E-state index contributed by atoms with van der Waals surface area (Å²) in [7, 11) is 0. The van der Waals surface area contributed by atoms with Gasteiger partial charge in [0.15, 0.2) is 0 Å². The number of nitrogens with two attached hydrogens (primary N) is 1. The Kier molecular flexibility index (Phi) is 3.99. The maximum atomic E-state index is 11.3. The van der Waals surface area contributed by atoms with Gasteiger partial charge in [-0.05, 0) is 25.0 Å². The first kappa shape index (κ1) is 13.3. The molecule has 1 aromatic heterocycles. The normalized spacial score (nSPS) is 19.8. The summed E-state index contributed by atoms with van der Waals surface area (Å²) in [5.74, 6) is -0.785. The van der Waals surface area contributed by atoms with Crippen molar-refractivity contribution in [3.8, 4) is 0 Å². The van der Waals surface area contributed by atoms with Crippen molar-refractivity contribution >= 4 is 17.7 Å². The smallest absolute Gasteiger partial charge is 0.326 e. The molecule has 0 aromatic carbocycles. The number of hydrogen-bond acceptors (Lipinski definition) is 4. The number of carboxylic acids is 1. The monoisotopic (exact) mass is 263 g/mol. The van der Waals surface area contributed by atoms with Crippen LogP contribution in [-0.4, -0.2) is 34.6 Å². The Morgan fingerprint density at radius 3 is 2.68 bits per heavy atom. The zero-order valence-electron chi connectivity index (χ0n) is 10.6. The number of amides is 1. The highest BCUT2D eigenvalue weighted by atomic mass is 16.4. The zero-order chi connectivity index (χ0) is 13.8. The van der Waals surface area contributed by atoms with E-state index in [4.69, 9.17) is 5.73 Å². The molecule has 0 bridgehead atoms. The first-order valence-electron chi connectivity index (χ1n) is 6.35. The van der Waals surface area contributed by atoms with Crippen molar-refractivity contribution in [1.82, 2.24) is 4.98 Å². The van der Waals surface area contributed by atoms with Crippen molar-refractivity contribution in [2.75, 3.05) is 11.4 Å². The van der Waals surface area contributed by atoms with E-state index in [2.05, 4.69) is 4.98 Å². The van der Waals surface area contributed by atoms with Crippen molar-refractivity contribution in [2.24, 2.45) is 5.73 Å². The molecule has 1 aliphatic rings. The number of hydrogen-bond donors (Lipinski definition) is 2. The second-order valence-corrected chi connectivity index (χ2v) is 4.67. The summed E-state index contributed by atoms with van der Waals surface area (Å²) in [5, 5.41) is 9.29. The molecule has 0 aliphatic carbocycles. The van der Waals surface area contributed by atoms with Gasteiger partial charge in [-0.15, -0.1) is 0 Å². The van der Waals surface area contributed by atoms with Crippen LogP contribution >= 0.6 is 0 Å². The quantitative estimate of drug-likeness (QED) is 0.848. The van der Waals surface area contributed by atoms with Crippen LogP contribution < -0.4 is 10.6 Å². The third-order valence-electron chi connectivity index (χ3n) is 3.36. The van der Waals surface area contributed by atoms with Crippen LogP contribution in [-0.2, 0) is 4.79 Å². The molecule has 1 unspecified atom stereocenters. The average molecular weight is 263 g/mol. The summed E-state index contributed by atoms with van der Waals surface area (Å²) >= 11 is 0. The number of rotatable bonds is 3. The number of carbonyl (C=O) groups is 2. The molecule has 102 valence electrons. The topological polar surface area (TPSA) is 96.5 Å². The number of carbonyl (C=O) groups excluding carboxylic acids is 1. The predicted molar refractivity (Wildman–Crippen MR) is 70.0 cm³/mol. The molecule has 3 N–H and O–H groups in total. The van der Waals surface area contributed by atoms with E-state index in [1.54, 1.807) is 17.0 Å². The van der Waals surface area contributed by atoms with Crippen molar-refractivity contribution in [3.05, 3.63) is 23.9 Å². The molecule has 1 saturated heterocycles. The molecule has 1 atom stereocenters. The maximum Gasteiger partial charge on any atom is 0.326 e. The van der Waals surface area contributed by atoms with Crippen LogP contribution in [0.1, 0.15) is 36.0 Å². The van der Waals surface area contributed by atoms with Crippen LogP contribution in [0, 0.1) is 0 Å². The van der Waals surface area contributed by atoms with Gasteiger partial charge in [-0.1, -0.05) is 12.8 Å². The van der Waals surface area contributed by atoms with Crippen molar-refractivity contribution in [3.63, 3.8) is 0 Å². The average Bonchev–Trinajstić information content (AvgIpc) is 2.64. The van der Waals surface area contributed by atoms with E-state index >= 15 is 0 Å². The fraction of sp³-hybridized carbons (Fsp3) is 0.462. The number of nitrogens with zero attached hydrogens (tertiary/aromatic N) is 2. The van der Waals surface area contributed by atoms with Crippen molar-refractivity contribution in [2.45, 2.75) is 31.7 Å². The minimum atomic E-state index is -0.831. The Hall–Kier alpha value is -2.11. The Bertz CT molecular complexity index is 473. The molecular weight excluding hydrogens is 246 g/mol. The second-order valence-electron chi connectivity index (χ2n) is 4.67. The Labute approximate surface area is 111 Å². The summed E-state index contributed by atoms with van der Waals surface area (Å²) in [6.07, 6.45) is 4.89. The van der Waals surface area contributed by atoms with E-state index < -0.39 is 17.9 Å². The zero-order valence-corrected chi connectivity index (χ0v) is 10.6. The van der Waals surface area contributed by atoms with Gasteiger partial charge in [0, 0.05) is 12.7 Å². The van der Waals surface area contributed by atoms with Crippen LogP contribution in [0.5, 0.6) is 0 Å². The summed E-state index contributed by atoms with van der Waals surface area (Å²) in [4.78, 5) is 28.3. The molecule has 1 fully saturated rings. The highest BCUT2D eigenvalue weighted by Gasteiger charge is 2.28. The molecule has 2 rings (SSSR count). The summed E-state index contributed by atoms with van der Waals surface area (Å²) in [5.41, 5.74) is 5.48.